The molecule has 1 amide bonds. The SMILES string of the molecule is Cc1noc(CCC(=O)NCCc2ccc(C(C)(C)C)cc2)n1. The molecule has 1 heterocycles. The van der Waals surface area contributed by atoms with E-state index >= 15 is 0 Å². The molecule has 0 radical (unpaired) electrons. The lowest BCUT2D eigenvalue weighted by molar-refractivity contribution is -0.121. The van der Waals surface area contributed by atoms with Crippen LogP contribution in [0.3, 0.4) is 0 Å². The quantitative estimate of drug-likeness (QED) is 0.890. The van der Waals surface area contributed by atoms with Gasteiger partial charge >= 0.3 is 0 Å². The van der Waals surface area contributed by atoms with Crippen LogP contribution in [0.1, 0.15) is 50.0 Å². The van der Waals surface area contributed by atoms with Gasteiger partial charge < -0.3 is 9.84 Å². The Labute approximate surface area is 137 Å². The Hall–Kier alpha value is -2.17. The first-order valence-electron chi connectivity index (χ1n) is 8.00. The highest BCUT2D eigenvalue weighted by atomic mass is 16.5. The molecule has 0 unspecified atom stereocenters. The van der Waals surface area contributed by atoms with Gasteiger partial charge in [0.15, 0.2) is 5.82 Å². The molecule has 1 aromatic carbocycles. The van der Waals surface area contributed by atoms with Gasteiger partial charge in [-0.3, -0.25) is 4.79 Å². The fraction of sp³-hybridized carbons (Fsp3) is 0.500. The van der Waals surface area contributed by atoms with Crippen LogP contribution in [0.2, 0.25) is 0 Å². The smallest absolute Gasteiger partial charge is 0.227 e. The monoisotopic (exact) mass is 315 g/mol. The summed E-state index contributed by atoms with van der Waals surface area (Å²) in [5.41, 5.74) is 2.71. The maximum absolute atomic E-state index is 11.8. The number of benzene rings is 1. The Bertz CT molecular complexity index is 639. The van der Waals surface area contributed by atoms with Crippen molar-refractivity contribution in [2.75, 3.05) is 6.54 Å². The van der Waals surface area contributed by atoms with E-state index in [9.17, 15) is 4.79 Å². The van der Waals surface area contributed by atoms with Crippen LogP contribution in [0.4, 0.5) is 0 Å². The fourth-order valence-electron chi connectivity index (χ4n) is 2.27. The molecule has 0 bridgehead atoms. The lowest BCUT2D eigenvalue weighted by Gasteiger charge is -2.19. The van der Waals surface area contributed by atoms with Gasteiger partial charge in [0, 0.05) is 19.4 Å². The molecule has 23 heavy (non-hydrogen) atoms. The predicted molar refractivity (Wildman–Crippen MR) is 89.2 cm³/mol. The van der Waals surface area contributed by atoms with Crippen molar-refractivity contribution < 1.29 is 9.32 Å². The van der Waals surface area contributed by atoms with Crippen LogP contribution in [-0.4, -0.2) is 22.6 Å². The summed E-state index contributed by atoms with van der Waals surface area (Å²) in [4.78, 5) is 15.9. The van der Waals surface area contributed by atoms with Crippen molar-refractivity contribution in [3.05, 3.63) is 47.1 Å². The minimum atomic E-state index is 0.00663. The zero-order valence-corrected chi connectivity index (χ0v) is 14.3. The first-order chi connectivity index (χ1) is 10.8. The van der Waals surface area contributed by atoms with E-state index in [2.05, 4.69) is 60.5 Å². The van der Waals surface area contributed by atoms with Crippen LogP contribution in [0, 0.1) is 6.92 Å². The van der Waals surface area contributed by atoms with Crippen LogP contribution in [0.15, 0.2) is 28.8 Å². The first-order valence-corrected chi connectivity index (χ1v) is 8.00. The van der Waals surface area contributed by atoms with E-state index in [-0.39, 0.29) is 11.3 Å². The van der Waals surface area contributed by atoms with E-state index in [1.165, 1.54) is 11.1 Å². The number of nitrogens with one attached hydrogen (secondary N) is 1. The molecular formula is C18H25N3O2. The summed E-state index contributed by atoms with van der Waals surface area (Å²) >= 11 is 0. The summed E-state index contributed by atoms with van der Waals surface area (Å²) in [6.45, 7) is 9.00. The van der Waals surface area contributed by atoms with Gasteiger partial charge in [-0.15, -0.1) is 0 Å². The topological polar surface area (TPSA) is 68.0 Å². The number of carbonyl (C=O) groups excluding carboxylic acids is 1. The summed E-state index contributed by atoms with van der Waals surface area (Å²) in [5, 5.41) is 6.63. The molecule has 2 rings (SSSR count). The van der Waals surface area contributed by atoms with Gasteiger partial charge in [-0.1, -0.05) is 50.2 Å². The van der Waals surface area contributed by atoms with Gasteiger partial charge in [-0.05, 0) is 29.9 Å². The predicted octanol–water partition coefficient (Wildman–Crippen LogP) is 2.97. The Morgan fingerprint density at radius 1 is 1.17 bits per heavy atom. The number of nitrogens with zero attached hydrogens (tertiary/aromatic N) is 2. The second-order valence-corrected chi connectivity index (χ2v) is 6.78. The highest BCUT2D eigenvalue weighted by Crippen LogP contribution is 2.22. The lowest BCUT2D eigenvalue weighted by Crippen LogP contribution is -2.25. The average Bonchev–Trinajstić information content (AvgIpc) is 2.90. The minimum Gasteiger partial charge on any atom is -0.356 e. The van der Waals surface area contributed by atoms with Crippen molar-refractivity contribution in [2.24, 2.45) is 0 Å². The zero-order valence-electron chi connectivity index (χ0n) is 14.3. The van der Waals surface area contributed by atoms with E-state index < -0.39 is 0 Å². The van der Waals surface area contributed by atoms with Crippen LogP contribution < -0.4 is 5.32 Å². The number of amides is 1. The summed E-state index contributed by atoms with van der Waals surface area (Å²) in [6, 6.07) is 8.59. The van der Waals surface area contributed by atoms with Gasteiger partial charge in [0.05, 0.1) is 0 Å². The maximum Gasteiger partial charge on any atom is 0.227 e. The molecule has 0 spiro atoms. The molecule has 0 saturated heterocycles. The lowest BCUT2D eigenvalue weighted by atomic mass is 9.86. The van der Waals surface area contributed by atoms with Gasteiger partial charge in [-0.2, -0.15) is 4.98 Å². The molecule has 1 aromatic heterocycles. The number of hydrogen-bond donors (Lipinski definition) is 1. The molecule has 5 nitrogen and oxygen atoms in total. The molecule has 1 N–H and O–H groups in total. The van der Waals surface area contributed by atoms with Crippen LogP contribution in [0.25, 0.3) is 0 Å². The highest BCUT2D eigenvalue weighted by molar-refractivity contribution is 5.75. The normalized spacial score (nSPS) is 11.5. The Morgan fingerprint density at radius 3 is 2.43 bits per heavy atom. The van der Waals surface area contributed by atoms with Crippen molar-refractivity contribution in [2.45, 2.75) is 52.4 Å². The molecule has 0 aliphatic rings. The first kappa shape index (κ1) is 17.2. The van der Waals surface area contributed by atoms with Crippen molar-refractivity contribution >= 4 is 5.91 Å². The summed E-state index contributed by atoms with van der Waals surface area (Å²) in [6.07, 6.45) is 1.67. The molecular weight excluding hydrogens is 290 g/mol. The second-order valence-electron chi connectivity index (χ2n) is 6.78. The minimum absolute atomic E-state index is 0.00663. The molecule has 124 valence electrons. The average molecular weight is 315 g/mol. The Balaban J connectivity index is 1.71. The number of hydrogen-bond acceptors (Lipinski definition) is 4. The summed E-state index contributed by atoms with van der Waals surface area (Å²) in [7, 11) is 0. The standard InChI is InChI=1S/C18H25N3O2/c1-13-20-17(23-21-13)10-9-16(22)19-12-11-14-5-7-15(8-6-14)18(2,3)4/h5-8H,9-12H2,1-4H3,(H,19,22). The Morgan fingerprint density at radius 2 is 1.87 bits per heavy atom. The molecule has 0 aliphatic carbocycles. The van der Waals surface area contributed by atoms with Gasteiger partial charge in [0.25, 0.3) is 0 Å². The Kier molecular flexibility index (Phi) is 5.53. The van der Waals surface area contributed by atoms with Crippen molar-refractivity contribution in [1.29, 1.82) is 0 Å². The van der Waals surface area contributed by atoms with Crippen LogP contribution in [0.5, 0.6) is 0 Å². The van der Waals surface area contributed by atoms with E-state index in [0.717, 1.165) is 6.42 Å². The molecule has 5 heteroatoms. The number of rotatable bonds is 6. The number of aromatic nitrogens is 2. The highest BCUT2D eigenvalue weighted by Gasteiger charge is 2.12. The van der Waals surface area contributed by atoms with Gasteiger partial charge in [0.1, 0.15) is 0 Å². The van der Waals surface area contributed by atoms with Crippen LogP contribution in [-0.2, 0) is 23.1 Å². The van der Waals surface area contributed by atoms with E-state index in [1.54, 1.807) is 6.92 Å². The number of carbonyl (C=O) groups is 1. The molecule has 0 saturated carbocycles. The van der Waals surface area contributed by atoms with Crippen LogP contribution >= 0.6 is 0 Å². The van der Waals surface area contributed by atoms with Gasteiger partial charge in [-0.25, -0.2) is 0 Å². The van der Waals surface area contributed by atoms with Crippen molar-refractivity contribution in [1.82, 2.24) is 15.5 Å². The third-order valence-corrected chi connectivity index (χ3v) is 3.69. The summed E-state index contributed by atoms with van der Waals surface area (Å²) in [5.74, 6) is 1.11. The molecule has 0 fully saturated rings. The molecule has 0 aliphatic heterocycles. The second kappa shape index (κ2) is 7.40. The van der Waals surface area contributed by atoms with E-state index in [0.29, 0.717) is 31.1 Å². The third-order valence-electron chi connectivity index (χ3n) is 3.69. The maximum atomic E-state index is 11.8. The molecule has 0 atom stereocenters. The van der Waals surface area contributed by atoms with E-state index in [4.69, 9.17) is 4.52 Å². The van der Waals surface area contributed by atoms with Gasteiger partial charge in [0.2, 0.25) is 11.8 Å². The van der Waals surface area contributed by atoms with Crippen molar-refractivity contribution in [3.63, 3.8) is 0 Å². The molecule has 2 aromatic rings. The third kappa shape index (κ3) is 5.51. The summed E-state index contributed by atoms with van der Waals surface area (Å²) < 4.78 is 4.99. The number of aryl methyl sites for hydroxylation is 2. The fourth-order valence-corrected chi connectivity index (χ4v) is 2.27. The van der Waals surface area contributed by atoms with Crippen molar-refractivity contribution in [3.8, 4) is 0 Å². The van der Waals surface area contributed by atoms with E-state index in [1.807, 2.05) is 0 Å². The zero-order chi connectivity index (χ0) is 16.9. The largest absolute Gasteiger partial charge is 0.356 e.